The fourth-order valence-electron chi connectivity index (χ4n) is 1.67. The van der Waals surface area contributed by atoms with Gasteiger partial charge in [0.2, 0.25) is 0 Å². The van der Waals surface area contributed by atoms with Gasteiger partial charge in [-0.15, -0.1) is 0 Å². The minimum absolute atomic E-state index is 0.225. The number of phenols is 1. The molecule has 0 aliphatic rings. The normalized spacial score (nSPS) is 10.4. The molecule has 0 heterocycles. The molecule has 0 aliphatic heterocycles. The van der Waals surface area contributed by atoms with Gasteiger partial charge in [-0.1, -0.05) is 11.6 Å². The van der Waals surface area contributed by atoms with E-state index in [1.807, 2.05) is 0 Å². The minimum atomic E-state index is -5.14. The maximum absolute atomic E-state index is 11.1. The number of benzene rings is 2. The van der Waals surface area contributed by atoms with E-state index in [0.717, 1.165) is 0 Å². The van der Waals surface area contributed by atoms with Crippen LogP contribution in [0.3, 0.4) is 0 Å². The van der Waals surface area contributed by atoms with E-state index in [2.05, 4.69) is 5.32 Å². The number of carboxylic acids is 1. The van der Waals surface area contributed by atoms with Crippen molar-refractivity contribution in [3.05, 3.63) is 53.1 Å². The van der Waals surface area contributed by atoms with Crippen LogP contribution in [0.5, 0.6) is 5.75 Å². The number of amides is 1. The van der Waals surface area contributed by atoms with Crippen LogP contribution in [0.2, 0.25) is 5.02 Å². The first-order chi connectivity index (χ1) is 11.5. The second kappa shape index (κ2) is 8.73. The van der Waals surface area contributed by atoms with Gasteiger partial charge in [-0.2, -0.15) is 0 Å². The number of carboxylic acid groups (broad SMARTS) is 1. The third-order valence-electron chi connectivity index (χ3n) is 2.73. The maximum atomic E-state index is 11.1. The number of carbonyl (C=O) groups excluding carboxylic acids is 1. The molecule has 0 spiro atoms. The van der Waals surface area contributed by atoms with Crippen LogP contribution in [-0.4, -0.2) is 44.5 Å². The Morgan fingerprint density at radius 3 is 2.08 bits per heavy atom. The number of halogens is 1. The summed E-state index contributed by atoms with van der Waals surface area (Å²) in [7, 11) is 0. The third kappa shape index (κ3) is 6.64. The number of rotatable bonds is 3. The Morgan fingerprint density at radius 2 is 1.64 bits per heavy atom. The summed E-state index contributed by atoms with van der Waals surface area (Å²) < 4.78 is 28.8. The van der Waals surface area contributed by atoms with Crippen LogP contribution < -0.4 is 9.67 Å². The first kappa shape index (κ1) is 20.8. The van der Waals surface area contributed by atoms with Crippen LogP contribution in [0, 0.1) is 0 Å². The van der Waals surface area contributed by atoms with Gasteiger partial charge in [0, 0.05) is 5.02 Å². The molecule has 2 rings (SSSR count). The van der Waals surface area contributed by atoms with Gasteiger partial charge in [-0.05, 0) is 24.3 Å². The topological polar surface area (TPSA) is 144 Å². The summed E-state index contributed by atoms with van der Waals surface area (Å²) in [6, 6.07) is 9.73. The van der Waals surface area contributed by atoms with Gasteiger partial charge in [0.15, 0.2) is 0 Å². The van der Waals surface area contributed by atoms with Gasteiger partial charge in [0.05, 0.1) is 5.56 Å². The molecule has 2 aromatic carbocycles. The number of aromatic carboxylic acids is 1. The standard InChI is InChI=1S/C8H10AsNO5.C7H5ClO2/c1-5(11)10-8-6(9(13,14)15)3-2-4-7(8)12;8-6-3-1-5(2-4-6)7(9)10/h2-4,12H,1H3,(H,10,11)(H2,13,14,15);1-4H,(H,9,10). The van der Waals surface area contributed by atoms with Crippen LogP contribution in [0.1, 0.15) is 17.3 Å². The van der Waals surface area contributed by atoms with Gasteiger partial charge in [-0.3, -0.25) is 0 Å². The molecule has 5 N–H and O–H groups in total. The Bertz CT molecular complexity index is 817. The molecule has 10 heteroatoms. The summed E-state index contributed by atoms with van der Waals surface area (Å²) in [5.74, 6) is -1.81. The molecule has 0 atom stereocenters. The molecular weight excluding hydrogens is 417 g/mol. The van der Waals surface area contributed by atoms with Crippen LogP contribution in [0.25, 0.3) is 0 Å². The van der Waals surface area contributed by atoms with E-state index in [9.17, 15) is 18.4 Å². The summed E-state index contributed by atoms with van der Waals surface area (Å²) in [6.45, 7) is 1.18. The molecule has 1 amide bonds. The first-order valence-corrected chi connectivity index (χ1v) is 10.4. The second-order valence-corrected chi connectivity index (χ2v) is 8.44. The van der Waals surface area contributed by atoms with Crippen molar-refractivity contribution < 1.29 is 31.7 Å². The average molecular weight is 432 g/mol. The fraction of sp³-hybridized carbons (Fsp3) is 0.0667. The fourth-order valence-corrected chi connectivity index (χ4v) is 3.35. The number of hydrogen-bond acceptors (Lipinski definition) is 4. The Balaban J connectivity index is 0.000000271. The van der Waals surface area contributed by atoms with Gasteiger partial charge < -0.3 is 5.11 Å². The minimum Gasteiger partial charge on any atom is -0.478 e. The van der Waals surface area contributed by atoms with Crippen LogP contribution in [-0.2, 0) is 8.53 Å². The Labute approximate surface area is 150 Å². The second-order valence-electron chi connectivity index (χ2n) is 4.71. The summed E-state index contributed by atoms with van der Waals surface area (Å²) in [6.07, 6.45) is 0. The monoisotopic (exact) mass is 431 g/mol. The molecule has 0 saturated carbocycles. The van der Waals surface area contributed by atoms with Crippen LogP contribution in [0.4, 0.5) is 5.69 Å². The molecule has 0 fully saturated rings. The number of para-hydroxylation sites is 1. The van der Waals surface area contributed by atoms with Crippen molar-refractivity contribution in [3.63, 3.8) is 0 Å². The molecule has 134 valence electrons. The zero-order chi connectivity index (χ0) is 19.2. The van der Waals surface area contributed by atoms with Crippen molar-refractivity contribution in [1.29, 1.82) is 0 Å². The quantitative estimate of drug-likeness (QED) is 0.359. The van der Waals surface area contributed by atoms with Crippen molar-refractivity contribution in [1.82, 2.24) is 0 Å². The number of carbonyl (C=O) groups is 2. The SMILES string of the molecule is CC(=O)Nc1c(O)cccc1[As](=O)(O)O.O=C(O)c1ccc(Cl)cc1. The van der Waals surface area contributed by atoms with Gasteiger partial charge in [-0.25, -0.2) is 4.79 Å². The van der Waals surface area contributed by atoms with Crippen molar-refractivity contribution in [2.24, 2.45) is 0 Å². The largest absolute Gasteiger partial charge is 0.478 e. The zero-order valence-corrected chi connectivity index (χ0v) is 15.5. The molecular formula is C15H15AsClNO7. The Hall–Kier alpha value is -2.25. The number of nitrogens with one attached hydrogen (secondary N) is 1. The van der Waals surface area contributed by atoms with Gasteiger partial charge in [0.1, 0.15) is 0 Å². The Morgan fingerprint density at radius 1 is 1.08 bits per heavy atom. The van der Waals surface area contributed by atoms with Gasteiger partial charge in [0.25, 0.3) is 0 Å². The summed E-state index contributed by atoms with van der Waals surface area (Å²) in [5, 5.41) is 20.5. The van der Waals surface area contributed by atoms with Crippen molar-refractivity contribution >= 4 is 47.7 Å². The van der Waals surface area contributed by atoms with E-state index in [4.69, 9.17) is 24.9 Å². The zero-order valence-electron chi connectivity index (χ0n) is 12.9. The van der Waals surface area contributed by atoms with E-state index < -0.39 is 26.0 Å². The summed E-state index contributed by atoms with van der Waals surface area (Å²) >= 11 is 0.381. The number of hydrogen-bond donors (Lipinski definition) is 5. The third-order valence-corrected chi connectivity index (χ3v) is 5.08. The van der Waals surface area contributed by atoms with E-state index in [1.54, 1.807) is 12.1 Å². The van der Waals surface area contributed by atoms with Crippen molar-refractivity contribution in [3.8, 4) is 5.75 Å². The van der Waals surface area contributed by atoms with E-state index >= 15 is 0 Å². The molecule has 0 aromatic heterocycles. The molecule has 0 saturated heterocycles. The molecule has 0 aliphatic carbocycles. The predicted molar refractivity (Wildman–Crippen MR) is 91.3 cm³/mol. The molecule has 0 bridgehead atoms. The summed E-state index contributed by atoms with van der Waals surface area (Å²) in [5.41, 5.74) is 0.0295. The smallest absolute Gasteiger partial charge is 0.335 e. The van der Waals surface area contributed by atoms with E-state index in [1.165, 1.54) is 37.3 Å². The molecule has 8 nitrogen and oxygen atoms in total. The number of phenolic OH excluding ortho intramolecular Hbond substituents is 1. The average Bonchev–Trinajstić information content (AvgIpc) is 2.49. The van der Waals surface area contributed by atoms with Crippen LogP contribution >= 0.6 is 11.6 Å². The van der Waals surface area contributed by atoms with Crippen molar-refractivity contribution in [2.75, 3.05) is 5.32 Å². The van der Waals surface area contributed by atoms with E-state index in [0.29, 0.717) is 5.02 Å². The molecule has 2 aromatic rings. The number of anilines is 1. The molecule has 0 unspecified atom stereocenters. The Kier molecular flexibility index (Phi) is 7.26. The number of aromatic hydroxyl groups is 1. The van der Waals surface area contributed by atoms with Crippen LogP contribution in [0.15, 0.2) is 42.5 Å². The molecule has 25 heavy (non-hydrogen) atoms. The summed E-state index contributed by atoms with van der Waals surface area (Å²) in [4.78, 5) is 21.0. The first-order valence-electron chi connectivity index (χ1n) is 6.67. The molecule has 0 radical (unpaired) electrons. The predicted octanol–water partition coefficient (Wildman–Crippen LogP) is 0.950. The maximum Gasteiger partial charge on any atom is 0.335 e. The van der Waals surface area contributed by atoms with E-state index in [-0.39, 0.29) is 21.4 Å². The van der Waals surface area contributed by atoms with Gasteiger partial charge >= 0.3 is 94.1 Å². The van der Waals surface area contributed by atoms with Crippen molar-refractivity contribution in [2.45, 2.75) is 6.92 Å².